The number of nitrogen functional groups attached to an aromatic ring is 1. The van der Waals surface area contributed by atoms with E-state index in [4.69, 9.17) is 15.9 Å². The highest BCUT2D eigenvalue weighted by molar-refractivity contribution is 5.96. The van der Waals surface area contributed by atoms with Gasteiger partial charge in [0.05, 0.1) is 12.2 Å². The second-order valence-corrected chi connectivity index (χ2v) is 4.47. The van der Waals surface area contributed by atoms with E-state index in [-0.39, 0.29) is 23.8 Å². The summed E-state index contributed by atoms with van der Waals surface area (Å²) >= 11 is 0. The third-order valence-electron chi connectivity index (χ3n) is 1.97. The van der Waals surface area contributed by atoms with Gasteiger partial charge < -0.3 is 10.5 Å². The van der Waals surface area contributed by atoms with Crippen molar-refractivity contribution in [3.63, 3.8) is 0 Å². The van der Waals surface area contributed by atoms with Gasteiger partial charge in [0, 0.05) is 5.56 Å². The quantitative estimate of drug-likeness (QED) is 0.633. The third kappa shape index (κ3) is 4.64. The molecule has 90 valence electrons. The first-order valence-corrected chi connectivity index (χ1v) is 4.96. The lowest BCUT2D eigenvalue weighted by molar-refractivity contribution is -0.0150. The van der Waals surface area contributed by atoms with E-state index in [0.29, 0.717) is 6.61 Å². The van der Waals surface area contributed by atoms with Gasteiger partial charge in [0.25, 0.3) is 0 Å². The van der Waals surface area contributed by atoms with E-state index in [1.165, 1.54) is 0 Å². The van der Waals surface area contributed by atoms with Crippen molar-refractivity contribution in [2.24, 2.45) is 5.73 Å². The van der Waals surface area contributed by atoms with Crippen molar-refractivity contribution in [3.8, 4) is 0 Å². The molecule has 0 aliphatic heterocycles. The predicted octanol–water partition coefficient (Wildman–Crippen LogP) is 2.71. The third-order valence-corrected chi connectivity index (χ3v) is 1.97. The zero-order valence-electron chi connectivity index (χ0n) is 9.91. The maximum absolute atomic E-state index is 7.43. The molecule has 0 heterocycles. The van der Waals surface area contributed by atoms with Crippen molar-refractivity contribution < 1.29 is 4.74 Å². The number of hydrogen-bond donors (Lipinski definition) is 2. The second-order valence-electron chi connectivity index (χ2n) is 4.47. The Balaban J connectivity index is 0.00000225. The molecule has 0 aromatic heterocycles. The molecule has 0 amide bonds. The summed E-state index contributed by atoms with van der Waals surface area (Å²) < 4.78 is 5.65. The molecule has 0 bridgehead atoms. The molecule has 0 saturated heterocycles. The summed E-state index contributed by atoms with van der Waals surface area (Å²) in [5, 5.41) is 7.43. The van der Waals surface area contributed by atoms with Crippen LogP contribution in [0, 0.1) is 5.41 Å². The van der Waals surface area contributed by atoms with Crippen LogP contribution in [0.3, 0.4) is 0 Å². The lowest BCUT2D eigenvalue weighted by Gasteiger charge is -2.20. The Hall–Kier alpha value is -1.06. The van der Waals surface area contributed by atoms with Crippen molar-refractivity contribution in [3.05, 3.63) is 35.4 Å². The van der Waals surface area contributed by atoms with Crippen molar-refractivity contribution in [2.75, 3.05) is 0 Å². The van der Waals surface area contributed by atoms with Gasteiger partial charge in [0.15, 0.2) is 0 Å². The van der Waals surface area contributed by atoms with Crippen LogP contribution in [-0.2, 0) is 11.3 Å². The molecule has 1 rings (SSSR count). The Morgan fingerprint density at radius 1 is 1.31 bits per heavy atom. The minimum atomic E-state index is -0.177. The molecule has 0 radical (unpaired) electrons. The zero-order valence-corrected chi connectivity index (χ0v) is 10.7. The summed E-state index contributed by atoms with van der Waals surface area (Å²) in [5.74, 6) is 0.0862. The number of amidine groups is 1. The molecule has 0 saturated carbocycles. The van der Waals surface area contributed by atoms with Gasteiger partial charge in [-0.2, -0.15) is 0 Å². The molecule has 4 heteroatoms. The van der Waals surface area contributed by atoms with E-state index >= 15 is 0 Å². The molecule has 0 spiro atoms. The SMILES string of the molecule is CC(C)(C)OCc1ccccc1C(=N)N.Cl. The normalized spacial score (nSPS) is 10.7. The van der Waals surface area contributed by atoms with Crippen LogP contribution < -0.4 is 5.73 Å². The molecule has 0 aliphatic rings. The highest BCUT2D eigenvalue weighted by atomic mass is 35.5. The number of rotatable bonds is 3. The number of halogens is 1. The van der Waals surface area contributed by atoms with Crippen LogP contribution in [0.15, 0.2) is 24.3 Å². The fraction of sp³-hybridized carbons (Fsp3) is 0.417. The molecule has 16 heavy (non-hydrogen) atoms. The zero-order chi connectivity index (χ0) is 11.5. The lowest BCUT2D eigenvalue weighted by Crippen LogP contribution is -2.20. The average Bonchev–Trinajstić information content (AvgIpc) is 2.14. The first-order valence-electron chi connectivity index (χ1n) is 4.96. The number of ether oxygens (including phenoxy) is 1. The van der Waals surface area contributed by atoms with Gasteiger partial charge in [-0.3, -0.25) is 5.41 Å². The number of benzene rings is 1. The van der Waals surface area contributed by atoms with Gasteiger partial charge in [-0.15, -0.1) is 12.4 Å². The van der Waals surface area contributed by atoms with E-state index in [9.17, 15) is 0 Å². The summed E-state index contributed by atoms with van der Waals surface area (Å²) in [6.07, 6.45) is 0. The molecule has 0 atom stereocenters. The smallest absolute Gasteiger partial charge is 0.123 e. The predicted molar refractivity (Wildman–Crippen MR) is 69.2 cm³/mol. The van der Waals surface area contributed by atoms with E-state index in [0.717, 1.165) is 11.1 Å². The fourth-order valence-corrected chi connectivity index (χ4v) is 1.20. The first-order chi connectivity index (χ1) is 6.90. The van der Waals surface area contributed by atoms with Crippen LogP contribution in [0.4, 0.5) is 0 Å². The van der Waals surface area contributed by atoms with E-state index < -0.39 is 0 Å². The van der Waals surface area contributed by atoms with Crippen LogP contribution in [0.5, 0.6) is 0 Å². The van der Waals surface area contributed by atoms with Crippen LogP contribution in [0.1, 0.15) is 31.9 Å². The molecule has 3 N–H and O–H groups in total. The van der Waals surface area contributed by atoms with Crippen LogP contribution in [0.2, 0.25) is 0 Å². The Morgan fingerprint density at radius 3 is 2.38 bits per heavy atom. The van der Waals surface area contributed by atoms with Crippen molar-refractivity contribution >= 4 is 18.2 Å². The topological polar surface area (TPSA) is 59.1 Å². The summed E-state index contributed by atoms with van der Waals surface area (Å²) in [6, 6.07) is 7.57. The van der Waals surface area contributed by atoms with Crippen LogP contribution in [-0.4, -0.2) is 11.4 Å². The molecular weight excluding hydrogens is 224 g/mol. The minimum Gasteiger partial charge on any atom is -0.384 e. The molecule has 1 aromatic carbocycles. The summed E-state index contributed by atoms with van der Waals surface area (Å²) in [5.41, 5.74) is 7.01. The summed E-state index contributed by atoms with van der Waals surface area (Å²) in [6.45, 7) is 6.50. The van der Waals surface area contributed by atoms with Crippen molar-refractivity contribution in [1.29, 1.82) is 5.41 Å². The van der Waals surface area contributed by atoms with Gasteiger partial charge in [0.1, 0.15) is 5.84 Å². The monoisotopic (exact) mass is 242 g/mol. The van der Waals surface area contributed by atoms with Gasteiger partial charge in [-0.05, 0) is 26.3 Å². The molecule has 0 aliphatic carbocycles. The summed E-state index contributed by atoms with van der Waals surface area (Å²) in [7, 11) is 0. The maximum atomic E-state index is 7.43. The van der Waals surface area contributed by atoms with Gasteiger partial charge in [-0.1, -0.05) is 24.3 Å². The van der Waals surface area contributed by atoms with E-state index in [1.807, 2.05) is 45.0 Å². The molecule has 1 aromatic rings. The number of nitrogens with one attached hydrogen (secondary N) is 1. The Labute approximate surface area is 103 Å². The standard InChI is InChI=1S/C12H18N2O.ClH/c1-12(2,3)15-8-9-6-4-5-7-10(9)11(13)14;/h4-7H,8H2,1-3H3,(H3,13,14);1H. The Kier molecular flexibility index (Phi) is 5.48. The first kappa shape index (κ1) is 14.9. The van der Waals surface area contributed by atoms with Crippen LogP contribution in [0.25, 0.3) is 0 Å². The van der Waals surface area contributed by atoms with E-state index in [2.05, 4.69) is 0 Å². The fourth-order valence-electron chi connectivity index (χ4n) is 1.20. The molecular formula is C12H19ClN2O. The second kappa shape index (κ2) is 5.87. The van der Waals surface area contributed by atoms with Gasteiger partial charge in [-0.25, -0.2) is 0 Å². The molecule has 0 unspecified atom stereocenters. The Morgan fingerprint density at radius 2 is 1.88 bits per heavy atom. The lowest BCUT2D eigenvalue weighted by atomic mass is 10.1. The largest absolute Gasteiger partial charge is 0.384 e. The van der Waals surface area contributed by atoms with Crippen molar-refractivity contribution in [2.45, 2.75) is 33.0 Å². The molecule has 3 nitrogen and oxygen atoms in total. The highest BCUT2D eigenvalue weighted by Gasteiger charge is 2.12. The Bertz CT molecular complexity index is 358. The van der Waals surface area contributed by atoms with E-state index in [1.54, 1.807) is 0 Å². The molecule has 0 fully saturated rings. The maximum Gasteiger partial charge on any atom is 0.123 e. The van der Waals surface area contributed by atoms with Crippen molar-refractivity contribution in [1.82, 2.24) is 0 Å². The highest BCUT2D eigenvalue weighted by Crippen LogP contribution is 2.14. The minimum absolute atomic E-state index is 0. The van der Waals surface area contributed by atoms with Crippen LogP contribution >= 0.6 is 12.4 Å². The van der Waals surface area contributed by atoms with Gasteiger partial charge in [0.2, 0.25) is 0 Å². The summed E-state index contributed by atoms with van der Waals surface area (Å²) in [4.78, 5) is 0. The van der Waals surface area contributed by atoms with Gasteiger partial charge >= 0.3 is 0 Å². The number of nitrogens with two attached hydrogens (primary N) is 1. The average molecular weight is 243 g/mol. The number of hydrogen-bond acceptors (Lipinski definition) is 2.